The van der Waals surface area contributed by atoms with Crippen molar-refractivity contribution in [2.24, 2.45) is 0 Å². The quantitative estimate of drug-likeness (QED) is 0.657. The first-order chi connectivity index (χ1) is 15.8. The Morgan fingerprint density at radius 2 is 1.59 bits per heavy atom. The van der Waals surface area contributed by atoms with Gasteiger partial charge in [0.25, 0.3) is 0 Å². The van der Waals surface area contributed by atoms with Crippen LogP contribution in [-0.4, -0.2) is 47.1 Å². The Bertz CT molecular complexity index is 860. The third-order valence-electron chi connectivity index (χ3n) is 7.40. The van der Waals surface area contributed by atoms with E-state index in [4.69, 9.17) is 9.97 Å². The highest BCUT2D eigenvalue weighted by Crippen LogP contribution is 2.30. The van der Waals surface area contributed by atoms with Gasteiger partial charge in [0.05, 0.1) is 5.69 Å². The Morgan fingerprint density at radius 1 is 0.812 bits per heavy atom. The molecule has 2 aliphatic heterocycles. The molecule has 0 amide bonds. The van der Waals surface area contributed by atoms with E-state index in [1.807, 2.05) is 0 Å². The molecular formula is C27H39N5. The Balaban J connectivity index is 1.33. The fraction of sp³-hybridized carbons (Fsp3) is 0.630. The largest absolute Gasteiger partial charge is 0.356 e. The molecular weight excluding hydrogens is 394 g/mol. The number of hydrogen-bond donors (Lipinski definition) is 1. The summed E-state index contributed by atoms with van der Waals surface area (Å²) in [6.45, 7) is 5.57. The SMILES string of the molecule is c1ccc(CN2CCCC(Nc3nc4c(c(N5CCCCCC5)n3)CCCCC4)C2)cc1. The number of nitrogens with one attached hydrogen (secondary N) is 1. The molecule has 2 aromatic rings. The van der Waals surface area contributed by atoms with Crippen LogP contribution in [0.25, 0.3) is 0 Å². The van der Waals surface area contributed by atoms with Crippen molar-refractivity contribution in [2.75, 3.05) is 36.4 Å². The molecule has 0 saturated carbocycles. The molecule has 5 heteroatoms. The summed E-state index contributed by atoms with van der Waals surface area (Å²) in [6, 6.07) is 11.3. The minimum Gasteiger partial charge on any atom is -0.356 e. The van der Waals surface area contributed by atoms with E-state index in [0.717, 1.165) is 45.0 Å². The number of likely N-dealkylation sites (tertiary alicyclic amines) is 1. The highest BCUT2D eigenvalue weighted by atomic mass is 15.3. The first-order valence-corrected chi connectivity index (χ1v) is 13.0. The number of nitrogens with zero attached hydrogens (tertiary/aromatic N) is 4. The van der Waals surface area contributed by atoms with Crippen LogP contribution in [0.15, 0.2) is 30.3 Å². The van der Waals surface area contributed by atoms with Crippen LogP contribution in [0.5, 0.6) is 0 Å². The Hall–Kier alpha value is -2.14. The van der Waals surface area contributed by atoms with Gasteiger partial charge < -0.3 is 10.2 Å². The van der Waals surface area contributed by atoms with Gasteiger partial charge in [-0.3, -0.25) is 4.90 Å². The fourth-order valence-corrected chi connectivity index (χ4v) is 5.70. The van der Waals surface area contributed by atoms with Crippen LogP contribution in [0, 0.1) is 0 Å². The fourth-order valence-electron chi connectivity index (χ4n) is 5.70. The van der Waals surface area contributed by atoms with E-state index in [9.17, 15) is 0 Å². The number of fused-ring (bicyclic) bond motifs is 1. The first-order valence-electron chi connectivity index (χ1n) is 13.0. The summed E-state index contributed by atoms with van der Waals surface area (Å²) in [4.78, 5) is 15.4. The maximum atomic E-state index is 5.18. The molecule has 0 radical (unpaired) electrons. The van der Waals surface area contributed by atoms with Crippen LogP contribution < -0.4 is 10.2 Å². The third kappa shape index (κ3) is 5.43. The van der Waals surface area contributed by atoms with E-state index < -0.39 is 0 Å². The van der Waals surface area contributed by atoms with E-state index in [1.54, 1.807) is 0 Å². The van der Waals surface area contributed by atoms with E-state index in [0.29, 0.717) is 6.04 Å². The van der Waals surface area contributed by atoms with Gasteiger partial charge in [0.2, 0.25) is 5.95 Å². The molecule has 172 valence electrons. The topological polar surface area (TPSA) is 44.3 Å². The summed E-state index contributed by atoms with van der Waals surface area (Å²) in [5.41, 5.74) is 4.17. The molecule has 32 heavy (non-hydrogen) atoms. The van der Waals surface area contributed by atoms with Crippen LogP contribution in [0.2, 0.25) is 0 Å². The van der Waals surface area contributed by atoms with Gasteiger partial charge in [-0.25, -0.2) is 4.98 Å². The van der Waals surface area contributed by atoms with Gasteiger partial charge in [0, 0.05) is 37.8 Å². The average molecular weight is 434 g/mol. The zero-order valence-corrected chi connectivity index (χ0v) is 19.6. The van der Waals surface area contributed by atoms with Crippen molar-refractivity contribution in [3.05, 3.63) is 47.2 Å². The smallest absolute Gasteiger partial charge is 0.225 e. The molecule has 0 bridgehead atoms. The van der Waals surface area contributed by atoms with Crippen LogP contribution in [-0.2, 0) is 19.4 Å². The number of aryl methyl sites for hydroxylation is 1. The van der Waals surface area contributed by atoms with Crippen LogP contribution in [0.1, 0.15) is 74.6 Å². The molecule has 0 spiro atoms. The molecule has 1 N–H and O–H groups in total. The second-order valence-corrected chi connectivity index (χ2v) is 9.96. The predicted molar refractivity (Wildman–Crippen MR) is 132 cm³/mol. The van der Waals surface area contributed by atoms with Gasteiger partial charge in [-0.1, -0.05) is 49.6 Å². The number of benzene rings is 1. The van der Waals surface area contributed by atoms with E-state index in [2.05, 4.69) is 45.4 Å². The van der Waals surface area contributed by atoms with Crippen molar-refractivity contribution < 1.29 is 0 Å². The summed E-state index contributed by atoms with van der Waals surface area (Å²) >= 11 is 0. The molecule has 1 aromatic carbocycles. The lowest BCUT2D eigenvalue weighted by Gasteiger charge is -2.33. The Kier molecular flexibility index (Phi) is 7.22. The van der Waals surface area contributed by atoms with E-state index >= 15 is 0 Å². The predicted octanol–water partition coefficient (Wildman–Crippen LogP) is 5.20. The molecule has 3 heterocycles. The molecule has 1 aliphatic carbocycles. The van der Waals surface area contributed by atoms with Gasteiger partial charge in [-0.05, 0) is 63.5 Å². The van der Waals surface area contributed by atoms with Crippen LogP contribution >= 0.6 is 0 Å². The number of piperidine rings is 1. The molecule has 2 fully saturated rings. The standard InChI is InChI=1S/C27H39N5/c1-2-10-19-32(18-9-1)26-24-15-7-4-8-16-25(24)29-27(30-26)28-23-14-11-17-31(21-23)20-22-12-5-3-6-13-22/h3,5-6,12-13,23H,1-2,4,7-11,14-21H2,(H,28,29,30). The normalized spacial score (nSPS) is 22.6. The molecule has 2 saturated heterocycles. The summed E-state index contributed by atoms with van der Waals surface area (Å²) in [6.07, 6.45) is 13.8. The van der Waals surface area contributed by atoms with Gasteiger partial charge in [-0.15, -0.1) is 0 Å². The van der Waals surface area contributed by atoms with Crippen molar-refractivity contribution in [2.45, 2.75) is 83.2 Å². The molecule has 3 aliphatic rings. The number of aromatic nitrogens is 2. The van der Waals surface area contributed by atoms with E-state index in [-0.39, 0.29) is 0 Å². The second kappa shape index (κ2) is 10.7. The molecule has 1 unspecified atom stereocenters. The van der Waals surface area contributed by atoms with Gasteiger partial charge in [-0.2, -0.15) is 4.98 Å². The Morgan fingerprint density at radius 3 is 2.44 bits per heavy atom. The summed E-state index contributed by atoms with van der Waals surface area (Å²) < 4.78 is 0. The van der Waals surface area contributed by atoms with Gasteiger partial charge >= 0.3 is 0 Å². The molecule has 1 atom stereocenters. The molecule has 5 nitrogen and oxygen atoms in total. The number of rotatable bonds is 5. The highest BCUT2D eigenvalue weighted by molar-refractivity contribution is 5.53. The summed E-state index contributed by atoms with van der Waals surface area (Å²) in [5.74, 6) is 2.12. The van der Waals surface area contributed by atoms with Crippen LogP contribution in [0.3, 0.4) is 0 Å². The minimum absolute atomic E-state index is 0.424. The lowest BCUT2D eigenvalue weighted by molar-refractivity contribution is 0.208. The van der Waals surface area contributed by atoms with Gasteiger partial charge in [0.15, 0.2) is 0 Å². The number of hydrogen-bond acceptors (Lipinski definition) is 5. The molecule has 5 rings (SSSR count). The minimum atomic E-state index is 0.424. The maximum absolute atomic E-state index is 5.18. The molecule has 1 aromatic heterocycles. The zero-order valence-electron chi connectivity index (χ0n) is 19.6. The highest BCUT2D eigenvalue weighted by Gasteiger charge is 2.24. The average Bonchev–Trinajstić information content (AvgIpc) is 3.23. The third-order valence-corrected chi connectivity index (χ3v) is 7.40. The van der Waals surface area contributed by atoms with Crippen molar-refractivity contribution in [3.63, 3.8) is 0 Å². The zero-order chi connectivity index (χ0) is 21.6. The van der Waals surface area contributed by atoms with Crippen molar-refractivity contribution >= 4 is 11.8 Å². The second-order valence-electron chi connectivity index (χ2n) is 9.96. The van der Waals surface area contributed by atoms with Crippen molar-refractivity contribution in [1.29, 1.82) is 0 Å². The lowest BCUT2D eigenvalue weighted by Crippen LogP contribution is -2.42. The Labute approximate surface area is 193 Å². The lowest BCUT2D eigenvalue weighted by atomic mass is 10.0. The van der Waals surface area contributed by atoms with Gasteiger partial charge in [0.1, 0.15) is 5.82 Å². The van der Waals surface area contributed by atoms with Crippen molar-refractivity contribution in [3.8, 4) is 0 Å². The maximum Gasteiger partial charge on any atom is 0.225 e. The first kappa shape index (κ1) is 21.7. The number of anilines is 2. The van der Waals surface area contributed by atoms with Crippen LogP contribution in [0.4, 0.5) is 11.8 Å². The van der Waals surface area contributed by atoms with E-state index in [1.165, 1.54) is 87.0 Å². The summed E-state index contributed by atoms with van der Waals surface area (Å²) in [5, 5.41) is 3.77. The monoisotopic (exact) mass is 433 g/mol. The van der Waals surface area contributed by atoms with Crippen molar-refractivity contribution in [1.82, 2.24) is 14.9 Å². The summed E-state index contributed by atoms with van der Waals surface area (Å²) in [7, 11) is 0.